The number of allylic oxidation sites excluding steroid dienone is 3. The van der Waals surface area contributed by atoms with Crippen LogP contribution in [0.15, 0.2) is 46.8 Å². The van der Waals surface area contributed by atoms with E-state index in [9.17, 15) is 25.7 Å². The Labute approximate surface area is 160 Å². The number of quaternary nitrogens is 2. The molecule has 1 aliphatic heterocycles. The highest BCUT2D eigenvalue weighted by molar-refractivity contribution is 5.93. The van der Waals surface area contributed by atoms with Gasteiger partial charge in [0.15, 0.2) is 5.69 Å². The van der Waals surface area contributed by atoms with Crippen LogP contribution in [-0.2, 0) is 14.4 Å². The lowest BCUT2D eigenvalue weighted by Crippen LogP contribution is -3.03. The van der Waals surface area contributed by atoms with Gasteiger partial charge >= 0.3 is 5.97 Å². The van der Waals surface area contributed by atoms with Crippen LogP contribution >= 0.6 is 0 Å². The highest BCUT2D eigenvalue weighted by Gasteiger charge is 2.34. The topological polar surface area (TPSA) is 167 Å². The molecule has 28 heavy (non-hydrogen) atoms. The number of esters is 1. The van der Waals surface area contributed by atoms with Crippen LogP contribution in [-0.4, -0.2) is 29.6 Å². The van der Waals surface area contributed by atoms with Crippen LogP contribution in [0.5, 0.6) is 0 Å². The summed E-state index contributed by atoms with van der Waals surface area (Å²) in [5, 5.41) is 49.3. The molecule has 0 saturated heterocycles. The van der Waals surface area contributed by atoms with Gasteiger partial charge in [0.25, 0.3) is 0 Å². The number of rotatable bonds is 7. The number of carbonyl (C=O) groups is 1. The van der Waals surface area contributed by atoms with Crippen LogP contribution in [0.25, 0.3) is 0 Å². The van der Waals surface area contributed by atoms with E-state index < -0.39 is 22.5 Å². The van der Waals surface area contributed by atoms with Crippen molar-refractivity contribution in [1.82, 2.24) is 5.32 Å². The Bertz CT molecular complexity index is 842. The van der Waals surface area contributed by atoms with Gasteiger partial charge in [0.05, 0.1) is 23.1 Å². The second-order valence-corrected chi connectivity index (χ2v) is 5.93. The number of nitriles is 1. The van der Waals surface area contributed by atoms with Gasteiger partial charge < -0.3 is 20.5 Å². The zero-order valence-corrected chi connectivity index (χ0v) is 15.2. The molecule has 0 aromatic heterocycles. The zero-order valence-electron chi connectivity index (χ0n) is 15.2. The molecule has 11 heteroatoms. The summed E-state index contributed by atoms with van der Waals surface area (Å²) in [7, 11) is 0. The Kier molecular flexibility index (Phi) is 7.21. The normalized spacial score (nSPS) is 19.0. The van der Waals surface area contributed by atoms with E-state index in [1.807, 2.05) is 0 Å². The van der Waals surface area contributed by atoms with Crippen LogP contribution in [0.4, 0.5) is 5.69 Å². The number of benzene rings is 1. The molecule has 0 fully saturated rings. The first-order chi connectivity index (χ1) is 13.3. The molecule has 0 bridgehead atoms. The highest BCUT2D eigenvalue weighted by Crippen LogP contribution is 2.38. The molecule has 0 radical (unpaired) electrons. The van der Waals surface area contributed by atoms with E-state index in [2.05, 4.69) is 16.2 Å². The first-order valence-electron chi connectivity index (χ1n) is 8.21. The fraction of sp³-hybridized carbons (Fsp3) is 0.294. The standard InChI is InChI=1S/C17H20N4O7/c1-10-14(9-18)16(12-4-3-5-13(8-12)20(23)24)15(11(2)19-10)17(22)27-6-7-28-21(25)26/h3-5,8,16,19-21,23,25H,6-7H2,1-2H3. The summed E-state index contributed by atoms with van der Waals surface area (Å²) in [6, 6.07) is 8.03. The van der Waals surface area contributed by atoms with Gasteiger partial charge in [0.2, 0.25) is 0 Å². The maximum Gasteiger partial charge on any atom is 0.336 e. The summed E-state index contributed by atoms with van der Waals surface area (Å²) in [5.74, 6) is -1.58. The lowest BCUT2D eigenvalue weighted by molar-refractivity contribution is -1.21. The molecular formula is C17H20N4O7. The fourth-order valence-corrected chi connectivity index (χ4v) is 2.94. The predicted molar refractivity (Wildman–Crippen MR) is 92.1 cm³/mol. The summed E-state index contributed by atoms with van der Waals surface area (Å²) in [6.07, 6.45) is 0. The van der Waals surface area contributed by atoms with Crippen LogP contribution in [0, 0.1) is 21.7 Å². The van der Waals surface area contributed by atoms with Crippen molar-refractivity contribution in [3.63, 3.8) is 0 Å². The molecule has 3 atom stereocenters. The largest absolute Gasteiger partial charge is 0.595 e. The lowest BCUT2D eigenvalue weighted by Gasteiger charge is -2.28. The second kappa shape index (κ2) is 9.40. The minimum atomic E-state index is -1.49. The summed E-state index contributed by atoms with van der Waals surface area (Å²) in [6.45, 7) is 2.68. The predicted octanol–water partition coefficient (Wildman–Crippen LogP) is -0.905. The number of hydrogen-bond donors (Lipinski definition) is 5. The lowest BCUT2D eigenvalue weighted by atomic mass is 9.81. The number of carbonyl (C=O) groups excluding carboxylic acids is 1. The van der Waals surface area contributed by atoms with Gasteiger partial charge in [-0.05, 0) is 19.4 Å². The summed E-state index contributed by atoms with van der Waals surface area (Å²) in [5.41, 5.74) is 1.85. The van der Waals surface area contributed by atoms with E-state index in [4.69, 9.17) is 9.94 Å². The summed E-state index contributed by atoms with van der Waals surface area (Å²) < 4.78 is 5.09. The smallest absolute Gasteiger partial charge is 0.336 e. The van der Waals surface area contributed by atoms with Gasteiger partial charge in [-0.25, -0.2) is 10.0 Å². The van der Waals surface area contributed by atoms with Gasteiger partial charge in [0, 0.05) is 23.5 Å². The molecule has 0 saturated carbocycles. The maximum atomic E-state index is 12.7. The third kappa shape index (κ3) is 4.91. The number of ether oxygens (including phenoxy) is 1. The molecule has 0 aliphatic carbocycles. The molecule has 5 N–H and O–H groups in total. The molecule has 150 valence electrons. The molecule has 2 rings (SSSR count). The third-order valence-corrected chi connectivity index (χ3v) is 4.11. The fourth-order valence-electron chi connectivity index (χ4n) is 2.94. The van der Waals surface area contributed by atoms with Crippen LogP contribution in [0.1, 0.15) is 25.3 Å². The van der Waals surface area contributed by atoms with Crippen molar-refractivity contribution < 1.29 is 35.4 Å². The molecule has 1 heterocycles. The van der Waals surface area contributed by atoms with Gasteiger partial charge in [-0.1, -0.05) is 17.5 Å². The number of nitrogens with one attached hydrogen (secondary N) is 3. The Balaban J connectivity index is 2.38. The SMILES string of the molecule is CC1=C(C#N)C(c2cccc([NH+]([O-])O)c2)C(C(=O)OCCO[NH+]([O-])O)=C(C)N1. The minimum absolute atomic E-state index is 0.0196. The Morgan fingerprint density at radius 2 is 2.00 bits per heavy atom. The van der Waals surface area contributed by atoms with E-state index in [0.29, 0.717) is 17.0 Å². The van der Waals surface area contributed by atoms with Crippen molar-refractivity contribution in [3.05, 3.63) is 62.8 Å². The molecule has 0 amide bonds. The van der Waals surface area contributed by atoms with Gasteiger partial charge in [-0.2, -0.15) is 20.5 Å². The van der Waals surface area contributed by atoms with Gasteiger partial charge in [0.1, 0.15) is 13.2 Å². The number of dihydropyridines is 1. The number of hydrogen-bond acceptors (Lipinski definition) is 9. The average molecular weight is 392 g/mol. The Morgan fingerprint density at radius 1 is 1.29 bits per heavy atom. The van der Waals surface area contributed by atoms with E-state index in [0.717, 1.165) is 0 Å². The van der Waals surface area contributed by atoms with Crippen molar-refractivity contribution in [2.75, 3.05) is 13.2 Å². The van der Waals surface area contributed by atoms with E-state index in [1.165, 1.54) is 18.2 Å². The van der Waals surface area contributed by atoms with Crippen molar-refractivity contribution in [2.45, 2.75) is 19.8 Å². The monoisotopic (exact) mass is 392 g/mol. The Hall–Kier alpha value is -2.82. The van der Waals surface area contributed by atoms with E-state index in [1.54, 1.807) is 19.9 Å². The molecular weight excluding hydrogens is 372 g/mol. The molecule has 11 nitrogen and oxygen atoms in total. The minimum Gasteiger partial charge on any atom is -0.595 e. The van der Waals surface area contributed by atoms with Crippen molar-refractivity contribution in [2.24, 2.45) is 0 Å². The van der Waals surface area contributed by atoms with Crippen LogP contribution in [0.3, 0.4) is 0 Å². The second-order valence-electron chi connectivity index (χ2n) is 5.93. The zero-order chi connectivity index (χ0) is 20.8. The van der Waals surface area contributed by atoms with Crippen LogP contribution in [0.2, 0.25) is 0 Å². The molecule has 1 aliphatic rings. The molecule has 0 spiro atoms. The highest BCUT2D eigenvalue weighted by atomic mass is 17.1. The molecule has 1 aromatic rings. The van der Waals surface area contributed by atoms with E-state index in [-0.39, 0.29) is 30.0 Å². The summed E-state index contributed by atoms with van der Waals surface area (Å²) >= 11 is 0. The number of nitrogens with zero attached hydrogens (tertiary/aromatic N) is 1. The first kappa shape index (κ1) is 21.5. The molecule has 1 aromatic carbocycles. The van der Waals surface area contributed by atoms with Gasteiger partial charge in [-0.15, -0.1) is 0 Å². The van der Waals surface area contributed by atoms with Crippen LogP contribution < -0.4 is 15.9 Å². The summed E-state index contributed by atoms with van der Waals surface area (Å²) in [4.78, 5) is 17.0. The Morgan fingerprint density at radius 3 is 2.61 bits per heavy atom. The first-order valence-corrected chi connectivity index (χ1v) is 8.21. The van der Waals surface area contributed by atoms with Crippen molar-refractivity contribution >= 4 is 11.7 Å². The van der Waals surface area contributed by atoms with Crippen molar-refractivity contribution in [1.29, 1.82) is 5.26 Å². The third-order valence-electron chi connectivity index (χ3n) is 4.11. The maximum absolute atomic E-state index is 12.7. The quantitative estimate of drug-likeness (QED) is 0.224. The van der Waals surface area contributed by atoms with E-state index >= 15 is 0 Å². The van der Waals surface area contributed by atoms with Crippen molar-refractivity contribution in [3.8, 4) is 6.07 Å². The molecule has 3 unspecified atom stereocenters. The van der Waals surface area contributed by atoms with Gasteiger partial charge in [-0.3, -0.25) is 0 Å². The average Bonchev–Trinajstić information content (AvgIpc) is 2.64.